The Hall–Kier alpha value is -2.74. The minimum absolute atomic E-state index is 0.571. The van der Waals surface area contributed by atoms with Gasteiger partial charge in [-0.15, -0.1) is 0 Å². The molecule has 23 heavy (non-hydrogen) atoms. The Morgan fingerprint density at radius 1 is 1.00 bits per heavy atom. The molecule has 0 fully saturated rings. The van der Waals surface area contributed by atoms with Crippen LogP contribution in [0.1, 0.15) is 43.2 Å². The Morgan fingerprint density at radius 3 is 2.57 bits per heavy atom. The average Bonchev–Trinajstić information content (AvgIpc) is 2.62. The molecule has 0 bridgehead atoms. The highest BCUT2D eigenvalue weighted by Crippen LogP contribution is 2.10. The third kappa shape index (κ3) is 5.87. The molecule has 0 saturated heterocycles. The Kier molecular flexibility index (Phi) is 7.28. The van der Waals surface area contributed by atoms with Crippen LogP contribution in [0.2, 0.25) is 0 Å². The molecule has 2 rings (SSSR count). The van der Waals surface area contributed by atoms with Gasteiger partial charge in [-0.1, -0.05) is 41.9 Å². The number of rotatable bonds is 9. The van der Waals surface area contributed by atoms with Gasteiger partial charge in [0, 0.05) is 17.5 Å². The van der Waals surface area contributed by atoms with Gasteiger partial charge >= 0.3 is 0 Å². The van der Waals surface area contributed by atoms with Crippen molar-refractivity contribution in [3.63, 3.8) is 0 Å². The summed E-state index contributed by atoms with van der Waals surface area (Å²) in [5.74, 6) is 0. The number of hydrogen-bond donors (Lipinski definition) is 0. The number of benzene rings is 1. The van der Waals surface area contributed by atoms with Gasteiger partial charge in [-0.2, -0.15) is 15.5 Å². The Balaban J connectivity index is 1.92. The SMILES string of the molecule is N#CCCCCCCO/N=C(/c1ccccc1)c1ccnnc1. The maximum atomic E-state index is 8.48. The van der Waals surface area contributed by atoms with E-state index in [0.29, 0.717) is 13.0 Å². The van der Waals surface area contributed by atoms with Gasteiger partial charge in [-0.25, -0.2) is 0 Å². The van der Waals surface area contributed by atoms with Gasteiger partial charge in [0.05, 0.1) is 18.5 Å². The number of hydrogen-bond acceptors (Lipinski definition) is 5. The Bertz CT molecular complexity index is 594. The zero-order chi connectivity index (χ0) is 16.2. The summed E-state index contributed by atoms with van der Waals surface area (Å²) >= 11 is 0. The maximum Gasteiger partial charge on any atom is 0.118 e. The molecule has 0 radical (unpaired) electrons. The first-order chi connectivity index (χ1) is 11.4. The van der Waals surface area contributed by atoms with Crippen LogP contribution in [0.15, 0.2) is 53.9 Å². The first-order valence-corrected chi connectivity index (χ1v) is 7.81. The topological polar surface area (TPSA) is 71.2 Å². The zero-order valence-electron chi connectivity index (χ0n) is 13.1. The minimum Gasteiger partial charge on any atom is -0.395 e. The van der Waals surface area contributed by atoms with Gasteiger partial charge < -0.3 is 4.84 Å². The number of unbranched alkanes of at least 4 members (excludes halogenated alkanes) is 4. The molecule has 0 atom stereocenters. The largest absolute Gasteiger partial charge is 0.395 e. The number of oxime groups is 1. The van der Waals surface area contributed by atoms with E-state index in [1.807, 2.05) is 36.4 Å². The van der Waals surface area contributed by atoms with Crippen LogP contribution in [0.5, 0.6) is 0 Å². The second kappa shape index (κ2) is 10.1. The van der Waals surface area contributed by atoms with E-state index in [2.05, 4.69) is 21.4 Å². The summed E-state index contributed by atoms with van der Waals surface area (Å²) in [7, 11) is 0. The monoisotopic (exact) mass is 308 g/mol. The second-order valence-electron chi connectivity index (χ2n) is 5.09. The van der Waals surface area contributed by atoms with E-state index in [1.165, 1.54) is 0 Å². The maximum absolute atomic E-state index is 8.48. The molecule has 0 unspecified atom stereocenters. The zero-order valence-corrected chi connectivity index (χ0v) is 13.1. The summed E-state index contributed by atoms with van der Waals surface area (Å²) < 4.78 is 0. The van der Waals surface area contributed by atoms with Crippen LogP contribution in [0.25, 0.3) is 0 Å². The first-order valence-electron chi connectivity index (χ1n) is 7.81. The van der Waals surface area contributed by atoms with Gasteiger partial charge in [0.15, 0.2) is 0 Å². The highest BCUT2D eigenvalue weighted by molar-refractivity contribution is 6.12. The molecule has 1 aromatic heterocycles. The van der Waals surface area contributed by atoms with Gasteiger partial charge in [-0.05, 0) is 25.3 Å². The van der Waals surface area contributed by atoms with E-state index >= 15 is 0 Å². The van der Waals surface area contributed by atoms with E-state index in [1.54, 1.807) is 12.4 Å². The van der Waals surface area contributed by atoms with Crippen LogP contribution in [-0.4, -0.2) is 22.5 Å². The van der Waals surface area contributed by atoms with Crippen molar-refractivity contribution in [3.8, 4) is 6.07 Å². The van der Waals surface area contributed by atoms with Crippen molar-refractivity contribution in [2.24, 2.45) is 5.16 Å². The highest BCUT2D eigenvalue weighted by atomic mass is 16.6. The quantitative estimate of drug-likeness (QED) is 0.402. The number of nitrogens with zero attached hydrogens (tertiary/aromatic N) is 4. The molecule has 2 aromatic rings. The summed E-state index contributed by atoms with van der Waals surface area (Å²) in [5.41, 5.74) is 2.61. The number of nitriles is 1. The van der Waals surface area contributed by atoms with Crippen molar-refractivity contribution in [3.05, 3.63) is 59.9 Å². The lowest BCUT2D eigenvalue weighted by atomic mass is 10.1. The summed E-state index contributed by atoms with van der Waals surface area (Å²) in [6.07, 6.45) is 7.95. The fourth-order valence-corrected chi connectivity index (χ4v) is 2.13. The Morgan fingerprint density at radius 2 is 1.83 bits per heavy atom. The Labute approximate surface area is 136 Å². The highest BCUT2D eigenvalue weighted by Gasteiger charge is 2.07. The molecular formula is C18H20N4O. The van der Waals surface area contributed by atoms with Crippen LogP contribution >= 0.6 is 0 Å². The standard InChI is InChI=1S/C18H20N4O/c19-12-7-2-1-3-8-14-23-22-18(16-9-5-4-6-10-16)17-11-13-20-21-15-17/h4-6,9-11,13,15H,1-3,7-8,14H2/b22-18-. The molecule has 1 heterocycles. The normalized spacial score (nSPS) is 11.0. The van der Waals surface area contributed by atoms with Crippen LogP contribution in [0.4, 0.5) is 0 Å². The van der Waals surface area contributed by atoms with Crippen molar-refractivity contribution in [1.29, 1.82) is 5.26 Å². The third-order valence-electron chi connectivity index (χ3n) is 3.33. The van der Waals surface area contributed by atoms with Gasteiger partial charge in [0.1, 0.15) is 12.3 Å². The molecule has 0 aliphatic carbocycles. The lowest BCUT2D eigenvalue weighted by Crippen LogP contribution is -2.05. The molecule has 118 valence electrons. The summed E-state index contributed by atoms with van der Waals surface area (Å²) in [5, 5.41) is 20.5. The molecule has 0 N–H and O–H groups in total. The van der Waals surface area contributed by atoms with Crippen molar-refractivity contribution < 1.29 is 4.84 Å². The summed E-state index contributed by atoms with van der Waals surface area (Å²) in [6.45, 7) is 0.571. The minimum atomic E-state index is 0.571. The first kappa shape index (κ1) is 16.6. The van der Waals surface area contributed by atoms with E-state index in [-0.39, 0.29) is 0 Å². The van der Waals surface area contributed by atoms with E-state index in [0.717, 1.165) is 42.5 Å². The van der Waals surface area contributed by atoms with Crippen molar-refractivity contribution in [2.45, 2.75) is 32.1 Å². The predicted molar refractivity (Wildman–Crippen MR) is 88.8 cm³/mol. The third-order valence-corrected chi connectivity index (χ3v) is 3.33. The fourth-order valence-electron chi connectivity index (χ4n) is 2.13. The number of aromatic nitrogens is 2. The summed E-state index contributed by atoms with van der Waals surface area (Å²) in [4.78, 5) is 5.49. The fraction of sp³-hybridized carbons (Fsp3) is 0.333. The molecule has 5 nitrogen and oxygen atoms in total. The molecule has 0 amide bonds. The molecule has 5 heteroatoms. The van der Waals surface area contributed by atoms with Crippen LogP contribution in [0.3, 0.4) is 0 Å². The van der Waals surface area contributed by atoms with Crippen LogP contribution in [-0.2, 0) is 4.84 Å². The molecular weight excluding hydrogens is 288 g/mol. The van der Waals surface area contributed by atoms with Crippen molar-refractivity contribution in [2.75, 3.05) is 6.61 Å². The molecule has 1 aromatic carbocycles. The van der Waals surface area contributed by atoms with Gasteiger partial charge in [0.2, 0.25) is 0 Å². The summed E-state index contributed by atoms with van der Waals surface area (Å²) in [6, 6.07) is 13.9. The smallest absolute Gasteiger partial charge is 0.118 e. The average molecular weight is 308 g/mol. The molecule has 0 saturated carbocycles. The molecule has 0 aliphatic heterocycles. The van der Waals surface area contributed by atoms with Gasteiger partial charge in [-0.3, -0.25) is 0 Å². The second-order valence-corrected chi connectivity index (χ2v) is 5.09. The van der Waals surface area contributed by atoms with E-state index in [9.17, 15) is 0 Å². The van der Waals surface area contributed by atoms with Crippen molar-refractivity contribution in [1.82, 2.24) is 10.2 Å². The van der Waals surface area contributed by atoms with Crippen LogP contribution in [0, 0.1) is 11.3 Å². The lowest BCUT2D eigenvalue weighted by molar-refractivity contribution is 0.140. The van der Waals surface area contributed by atoms with Gasteiger partial charge in [0.25, 0.3) is 0 Å². The van der Waals surface area contributed by atoms with Crippen LogP contribution < -0.4 is 0 Å². The lowest BCUT2D eigenvalue weighted by Gasteiger charge is -2.07. The molecule has 0 spiro atoms. The van der Waals surface area contributed by atoms with E-state index in [4.69, 9.17) is 10.1 Å². The predicted octanol–water partition coefficient (Wildman–Crippen LogP) is 3.72. The van der Waals surface area contributed by atoms with Crippen molar-refractivity contribution >= 4 is 5.71 Å². The molecule has 0 aliphatic rings. The van der Waals surface area contributed by atoms with E-state index < -0.39 is 0 Å².